The van der Waals surface area contributed by atoms with E-state index >= 15 is 0 Å². The summed E-state index contributed by atoms with van der Waals surface area (Å²) in [6.07, 6.45) is 2.61. The first-order valence-electron chi connectivity index (χ1n) is 7.21. The van der Waals surface area contributed by atoms with Gasteiger partial charge >= 0.3 is 0 Å². The van der Waals surface area contributed by atoms with Crippen LogP contribution >= 0.6 is 11.8 Å². The number of carbonyl (C=O) groups excluding carboxylic acids is 1. The van der Waals surface area contributed by atoms with Crippen LogP contribution in [-0.2, 0) is 24.3 Å². The summed E-state index contributed by atoms with van der Waals surface area (Å²) in [5, 5.41) is 11.9. The van der Waals surface area contributed by atoms with Gasteiger partial charge < -0.3 is 9.88 Å². The van der Waals surface area contributed by atoms with Gasteiger partial charge in [-0.2, -0.15) is 0 Å². The molecular weight excluding hydrogens is 296 g/mol. The summed E-state index contributed by atoms with van der Waals surface area (Å²) in [4.78, 5) is 11.9. The van der Waals surface area contributed by atoms with E-state index in [1.165, 1.54) is 11.8 Å². The van der Waals surface area contributed by atoms with Crippen molar-refractivity contribution < 1.29 is 4.79 Å². The Bertz CT molecular complexity index is 624. The normalized spacial score (nSPS) is 10.4. The van der Waals surface area contributed by atoms with Crippen LogP contribution < -0.4 is 5.32 Å². The second-order valence-electron chi connectivity index (χ2n) is 4.70. The minimum Gasteiger partial charge on any atom is -0.351 e. The summed E-state index contributed by atoms with van der Waals surface area (Å²) in [6, 6.07) is 9.85. The summed E-state index contributed by atoms with van der Waals surface area (Å²) >= 11 is 1.40. The third-order valence-electron chi connectivity index (χ3n) is 3.09. The molecule has 22 heavy (non-hydrogen) atoms. The molecule has 0 spiro atoms. The first-order chi connectivity index (χ1) is 10.7. The van der Waals surface area contributed by atoms with Crippen molar-refractivity contribution in [3.63, 3.8) is 0 Å². The first kappa shape index (κ1) is 16.3. The van der Waals surface area contributed by atoms with Crippen molar-refractivity contribution in [2.75, 3.05) is 5.75 Å². The largest absolute Gasteiger partial charge is 0.351 e. The Morgan fingerprint density at radius 1 is 1.36 bits per heavy atom. The standard InChI is InChI=1S/C16H20N4OS/c1-3-10-20-14(4-2)18-19-16(20)22-12-15(21)17-11-13-8-6-5-7-9-13/h3,5-9H,1,4,10-12H2,2H3,(H,17,21). The molecule has 0 aliphatic heterocycles. The Kier molecular flexibility index (Phi) is 6.21. The molecule has 0 bridgehead atoms. The summed E-state index contributed by atoms with van der Waals surface area (Å²) in [5.41, 5.74) is 1.09. The second-order valence-corrected chi connectivity index (χ2v) is 5.65. The topological polar surface area (TPSA) is 59.8 Å². The van der Waals surface area contributed by atoms with Crippen LogP contribution in [0.3, 0.4) is 0 Å². The SMILES string of the molecule is C=CCn1c(CC)nnc1SCC(=O)NCc1ccccc1. The monoisotopic (exact) mass is 316 g/mol. The number of amides is 1. The number of hydrogen-bond acceptors (Lipinski definition) is 4. The molecule has 0 aliphatic carbocycles. The number of nitrogens with zero attached hydrogens (tertiary/aromatic N) is 3. The molecule has 6 heteroatoms. The predicted octanol–water partition coefficient (Wildman–Crippen LogP) is 2.44. The molecule has 0 unspecified atom stereocenters. The van der Waals surface area contributed by atoms with Crippen molar-refractivity contribution in [3.05, 3.63) is 54.4 Å². The molecule has 0 atom stereocenters. The fourth-order valence-electron chi connectivity index (χ4n) is 1.98. The van der Waals surface area contributed by atoms with Gasteiger partial charge in [-0.3, -0.25) is 4.79 Å². The molecule has 0 saturated carbocycles. The van der Waals surface area contributed by atoms with Gasteiger partial charge in [0, 0.05) is 19.5 Å². The number of thioether (sulfide) groups is 1. The number of aromatic nitrogens is 3. The van der Waals surface area contributed by atoms with Gasteiger partial charge in [-0.25, -0.2) is 0 Å². The van der Waals surface area contributed by atoms with Crippen LogP contribution in [0.25, 0.3) is 0 Å². The van der Waals surface area contributed by atoms with Crippen molar-refractivity contribution in [2.45, 2.75) is 31.6 Å². The van der Waals surface area contributed by atoms with E-state index in [2.05, 4.69) is 22.1 Å². The molecule has 1 aromatic heterocycles. The van der Waals surface area contributed by atoms with Crippen LogP contribution in [0.2, 0.25) is 0 Å². The minimum absolute atomic E-state index is 0.0138. The fourth-order valence-corrected chi connectivity index (χ4v) is 2.77. The van der Waals surface area contributed by atoms with Crippen LogP contribution in [0.4, 0.5) is 0 Å². The molecule has 2 rings (SSSR count). The zero-order chi connectivity index (χ0) is 15.8. The lowest BCUT2D eigenvalue weighted by atomic mass is 10.2. The smallest absolute Gasteiger partial charge is 0.230 e. The highest BCUT2D eigenvalue weighted by Gasteiger charge is 2.12. The lowest BCUT2D eigenvalue weighted by Crippen LogP contribution is -2.24. The third-order valence-corrected chi connectivity index (χ3v) is 4.05. The van der Waals surface area contributed by atoms with E-state index in [1.807, 2.05) is 47.9 Å². The van der Waals surface area contributed by atoms with Gasteiger partial charge in [-0.1, -0.05) is 55.1 Å². The number of aryl methyl sites for hydroxylation is 1. The number of benzene rings is 1. The average molecular weight is 316 g/mol. The summed E-state index contributed by atoms with van der Waals surface area (Å²) in [5.74, 6) is 1.22. The highest BCUT2D eigenvalue weighted by Crippen LogP contribution is 2.17. The van der Waals surface area contributed by atoms with E-state index in [4.69, 9.17) is 0 Å². The summed E-state index contributed by atoms with van der Waals surface area (Å²) in [6.45, 7) is 6.98. The van der Waals surface area contributed by atoms with E-state index in [9.17, 15) is 4.79 Å². The molecule has 1 aromatic carbocycles. The Hall–Kier alpha value is -2.08. The molecule has 1 heterocycles. The van der Waals surface area contributed by atoms with Crippen LogP contribution in [0.1, 0.15) is 18.3 Å². The van der Waals surface area contributed by atoms with Crippen molar-refractivity contribution >= 4 is 17.7 Å². The number of allylic oxidation sites excluding steroid dienone is 1. The van der Waals surface area contributed by atoms with Gasteiger partial charge in [0.1, 0.15) is 5.82 Å². The predicted molar refractivity (Wildman–Crippen MR) is 88.6 cm³/mol. The molecule has 0 saturated heterocycles. The molecule has 5 nitrogen and oxygen atoms in total. The van der Waals surface area contributed by atoms with E-state index in [-0.39, 0.29) is 5.91 Å². The fraction of sp³-hybridized carbons (Fsp3) is 0.312. The third kappa shape index (κ3) is 4.46. The lowest BCUT2D eigenvalue weighted by Gasteiger charge is -2.07. The molecule has 2 aromatic rings. The molecule has 116 valence electrons. The Morgan fingerprint density at radius 3 is 2.82 bits per heavy atom. The maximum Gasteiger partial charge on any atom is 0.230 e. The Labute approximate surface area is 134 Å². The number of nitrogens with one attached hydrogen (secondary N) is 1. The lowest BCUT2D eigenvalue weighted by molar-refractivity contribution is -0.118. The molecule has 1 N–H and O–H groups in total. The number of rotatable bonds is 8. The maximum atomic E-state index is 11.9. The minimum atomic E-state index is -0.0138. The Balaban J connectivity index is 1.86. The van der Waals surface area contributed by atoms with Gasteiger partial charge in [0.05, 0.1) is 5.75 Å². The quantitative estimate of drug-likeness (QED) is 0.600. The highest BCUT2D eigenvalue weighted by atomic mass is 32.2. The van der Waals surface area contributed by atoms with Gasteiger partial charge in [-0.05, 0) is 5.56 Å². The van der Waals surface area contributed by atoms with Crippen LogP contribution in [0, 0.1) is 0 Å². The maximum absolute atomic E-state index is 11.9. The number of hydrogen-bond donors (Lipinski definition) is 1. The van der Waals surface area contributed by atoms with E-state index < -0.39 is 0 Å². The van der Waals surface area contributed by atoms with Gasteiger partial charge in [0.2, 0.25) is 5.91 Å². The van der Waals surface area contributed by atoms with Gasteiger partial charge in [0.15, 0.2) is 5.16 Å². The molecule has 0 radical (unpaired) electrons. The van der Waals surface area contributed by atoms with Gasteiger partial charge in [-0.15, -0.1) is 16.8 Å². The van der Waals surface area contributed by atoms with Crippen LogP contribution in [-0.4, -0.2) is 26.4 Å². The highest BCUT2D eigenvalue weighted by molar-refractivity contribution is 7.99. The van der Waals surface area contributed by atoms with Crippen molar-refractivity contribution in [2.24, 2.45) is 0 Å². The molecule has 0 aliphatic rings. The molecule has 0 fully saturated rings. The Morgan fingerprint density at radius 2 is 2.14 bits per heavy atom. The van der Waals surface area contributed by atoms with Crippen molar-refractivity contribution in [1.29, 1.82) is 0 Å². The molecular formula is C16H20N4OS. The van der Waals surface area contributed by atoms with E-state index in [0.717, 1.165) is 23.0 Å². The summed E-state index contributed by atoms with van der Waals surface area (Å²) < 4.78 is 1.99. The van der Waals surface area contributed by atoms with E-state index in [1.54, 1.807) is 0 Å². The zero-order valence-electron chi connectivity index (χ0n) is 12.7. The van der Waals surface area contributed by atoms with Crippen LogP contribution in [0.5, 0.6) is 0 Å². The van der Waals surface area contributed by atoms with Crippen molar-refractivity contribution in [1.82, 2.24) is 20.1 Å². The average Bonchev–Trinajstić information content (AvgIpc) is 2.94. The molecule has 1 amide bonds. The second kappa shape index (κ2) is 8.38. The number of carbonyl (C=O) groups is 1. The van der Waals surface area contributed by atoms with Crippen LogP contribution in [0.15, 0.2) is 48.1 Å². The van der Waals surface area contributed by atoms with E-state index in [0.29, 0.717) is 18.8 Å². The zero-order valence-corrected chi connectivity index (χ0v) is 13.5. The summed E-state index contributed by atoms with van der Waals surface area (Å²) in [7, 11) is 0. The van der Waals surface area contributed by atoms with Crippen molar-refractivity contribution in [3.8, 4) is 0 Å². The first-order valence-corrected chi connectivity index (χ1v) is 8.19. The van der Waals surface area contributed by atoms with Gasteiger partial charge in [0.25, 0.3) is 0 Å².